The second-order valence-corrected chi connectivity index (χ2v) is 4.56. The maximum absolute atomic E-state index is 11.8. The maximum atomic E-state index is 11.8. The van der Waals surface area contributed by atoms with Crippen molar-refractivity contribution in [3.05, 3.63) is 0 Å². The van der Waals surface area contributed by atoms with Crippen molar-refractivity contribution in [1.82, 2.24) is 5.32 Å². The van der Waals surface area contributed by atoms with Gasteiger partial charge in [0.2, 0.25) is 5.91 Å². The maximum Gasteiger partial charge on any atom is 0.224 e. The van der Waals surface area contributed by atoms with Crippen molar-refractivity contribution >= 4 is 11.7 Å². The molecule has 1 saturated heterocycles. The van der Waals surface area contributed by atoms with Crippen LogP contribution in [0.15, 0.2) is 0 Å². The first-order chi connectivity index (χ1) is 6.93. The van der Waals surface area contributed by atoms with Crippen molar-refractivity contribution in [3.63, 3.8) is 0 Å². The average Bonchev–Trinajstić information content (AvgIpc) is 2.18. The summed E-state index contributed by atoms with van der Waals surface area (Å²) in [5, 5.41) is 2.78. The van der Waals surface area contributed by atoms with Crippen molar-refractivity contribution in [1.29, 1.82) is 0 Å². The summed E-state index contributed by atoms with van der Waals surface area (Å²) in [6.07, 6.45) is 1.50. The lowest BCUT2D eigenvalue weighted by Gasteiger charge is -2.28. The number of rotatable bonds is 3. The first kappa shape index (κ1) is 12.2. The smallest absolute Gasteiger partial charge is 0.224 e. The lowest BCUT2D eigenvalue weighted by Crippen LogP contribution is -2.51. The third kappa shape index (κ3) is 3.30. The predicted octanol–water partition coefficient (Wildman–Crippen LogP) is 0.897. The highest BCUT2D eigenvalue weighted by molar-refractivity contribution is 5.91. The van der Waals surface area contributed by atoms with Gasteiger partial charge in [0.15, 0.2) is 5.78 Å². The fourth-order valence-electron chi connectivity index (χ4n) is 1.46. The van der Waals surface area contributed by atoms with Gasteiger partial charge in [0.05, 0.1) is 5.54 Å². The fourth-order valence-corrected chi connectivity index (χ4v) is 1.46. The van der Waals surface area contributed by atoms with Crippen molar-refractivity contribution in [3.8, 4) is 0 Å². The minimum atomic E-state index is -0.755. The van der Waals surface area contributed by atoms with Crippen LogP contribution in [0.1, 0.15) is 33.6 Å². The molecule has 0 aromatic rings. The molecule has 1 heterocycles. The number of ketones is 1. The summed E-state index contributed by atoms with van der Waals surface area (Å²) < 4.78 is 5.18. The van der Waals surface area contributed by atoms with Crippen LogP contribution in [0, 0.1) is 5.92 Å². The zero-order chi connectivity index (χ0) is 11.5. The third-order valence-electron chi connectivity index (χ3n) is 2.91. The van der Waals surface area contributed by atoms with E-state index in [-0.39, 0.29) is 17.6 Å². The van der Waals surface area contributed by atoms with Crippen LogP contribution in [-0.4, -0.2) is 30.4 Å². The molecule has 1 aliphatic heterocycles. The zero-order valence-electron chi connectivity index (χ0n) is 9.63. The molecular weight excluding hydrogens is 194 g/mol. The second kappa shape index (κ2) is 4.75. The number of nitrogens with one attached hydrogen (secondary N) is 1. The standard InChI is InChI=1S/C11H19NO3/c1-8(13)11(2,3)12-10(14)9-4-6-15-7-5-9/h9H,4-7H2,1-3H3,(H,12,14). The molecule has 1 N–H and O–H groups in total. The summed E-state index contributed by atoms with van der Waals surface area (Å²) in [6, 6.07) is 0. The largest absolute Gasteiger partial charge is 0.381 e. The van der Waals surface area contributed by atoms with Gasteiger partial charge in [-0.2, -0.15) is 0 Å². The molecule has 1 aliphatic rings. The monoisotopic (exact) mass is 213 g/mol. The van der Waals surface area contributed by atoms with Gasteiger partial charge in [-0.3, -0.25) is 9.59 Å². The van der Waals surface area contributed by atoms with E-state index in [0.29, 0.717) is 13.2 Å². The summed E-state index contributed by atoms with van der Waals surface area (Å²) in [7, 11) is 0. The van der Waals surface area contributed by atoms with Crippen LogP contribution in [0.25, 0.3) is 0 Å². The minimum absolute atomic E-state index is 0.00243. The first-order valence-electron chi connectivity index (χ1n) is 5.34. The highest BCUT2D eigenvalue weighted by atomic mass is 16.5. The highest BCUT2D eigenvalue weighted by Crippen LogP contribution is 2.16. The molecule has 0 aromatic carbocycles. The Bertz CT molecular complexity index is 255. The van der Waals surface area contributed by atoms with E-state index in [0.717, 1.165) is 12.8 Å². The Labute approximate surface area is 90.4 Å². The third-order valence-corrected chi connectivity index (χ3v) is 2.91. The Morgan fingerprint density at radius 1 is 1.27 bits per heavy atom. The lowest BCUT2D eigenvalue weighted by molar-refractivity contribution is -0.134. The zero-order valence-corrected chi connectivity index (χ0v) is 9.63. The van der Waals surface area contributed by atoms with Gasteiger partial charge in [-0.05, 0) is 33.6 Å². The van der Waals surface area contributed by atoms with Gasteiger partial charge < -0.3 is 10.1 Å². The molecule has 0 saturated carbocycles. The molecule has 0 unspecified atom stereocenters. The molecule has 4 heteroatoms. The molecule has 1 amide bonds. The molecular formula is C11H19NO3. The summed E-state index contributed by atoms with van der Waals surface area (Å²) in [5.41, 5.74) is -0.755. The lowest BCUT2D eigenvalue weighted by atomic mass is 9.95. The van der Waals surface area contributed by atoms with Gasteiger partial charge in [0.1, 0.15) is 0 Å². The van der Waals surface area contributed by atoms with E-state index < -0.39 is 5.54 Å². The van der Waals surface area contributed by atoms with Gasteiger partial charge in [-0.25, -0.2) is 0 Å². The normalized spacial score (nSPS) is 18.6. The first-order valence-corrected chi connectivity index (χ1v) is 5.34. The Kier molecular flexibility index (Phi) is 3.85. The van der Waals surface area contributed by atoms with E-state index in [1.165, 1.54) is 6.92 Å². The summed E-state index contributed by atoms with van der Waals surface area (Å²) >= 11 is 0. The number of carbonyl (C=O) groups is 2. The van der Waals surface area contributed by atoms with Gasteiger partial charge in [-0.15, -0.1) is 0 Å². The van der Waals surface area contributed by atoms with Gasteiger partial charge >= 0.3 is 0 Å². The van der Waals surface area contributed by atoms with Crippen LogP contribution in [0.5, 0.6) is 0 Å². The molecule has 0 spiro atoms. The van der Waals surface area contributed by atoms with E-state index in [1.807, 2.05) is 0 Å². The van der Waals surface area contributed by atoms with Crippen molar-refractivity contribution in [2.45, 2.75) is 39.2 Å². The number of amides is 1. The topological polar surface area (TPSA) is 55.4 Å². The summed E-state index contributed by atoms with van der Waals surface area (Å²) in [5.74, 6) is -0.0567. The van der Waals surface area contributed by atoms with Crippen LogP contribution in [-0.2, 0) is 14.3 Å². The Hall–Kier alpha value is -0.900. The van der Waals surface area contributed by atoms with E-state index >= 15 is 0 Å². The highest BCUT2D eigenvalue weighted by Gasteiger charge is 2.30. The molecule has 0 radical (unpaired) electrons. The average molecular weight is 213 g/mol. The SMILES string of the molecule is CC(=O)C(C)(C)NC(=O)C1CCOCC1. The van der Waals surface area contributed by atoms with Crippen LogP contribution in [0.2, 0.25) is 0 Å². The molecule has 4 nitrogen and oxygen atoms in total. The molecule has 0 aliphatic carbocycles. The number of carbonyl (C=O) groups excluding carboxylic acids is 2. The summed E-state index contributed by atoms with van der Waals surface area (Å²) in [6.45, 7) is 6.22. The number of ether oxygens (including phenoxy) is 1. The Balaban J connectivity index is 2.50. The molecule has 1 rings (SSSR count). The van der Waals surface area contributed by atoms with E-state index in [9.17, 15) is 9.59 Å². The van der Waals surface area contributed by atoms with Crippen molar-refractivity contribution in [2.24, 2.45) is 5.92 Å². The van der Waals surface area contributed by atoms with Gasteiger partial charge in [-0.1, -0.05) is 0 Å². The fraction of sp³-hybridized carbons (Fsp3) is 0.818. The van der Waals surface area contributed by atoms with Crippen molar-refractivity contribution in [2.75, 3.05) is 13.2 Å². The summed E-state index contributed by atoms with van der Waals surface area (Å²) in [4.78, 5) is 23.0. The minimum Gasteiger partial charge on any atom is -0.381 e. The molecule has 86 valence electrons. The molecule has 0 bridgehead atoms. The van der Waals surface area contributed by atoms with Gasteiger partial charge in [0, 0.05) is 19.1 Å². The molecule has 1 fully saturated rings. The van der Waals surface area contributed by atoms with Gasteiger partial charge in [0.25, 0.3) is 0 Å². The van der Waals surface area contributed by atoms with E-state index in [2.05, 4.69) is 5.32 Å². The van der Waals surface area contributed by atoms with Crippen LogP contribution in [0.3, 0.4) is 0 Å². The van der Waals surface area contributed by atoms with E-state index in [4.69, 9.17) is 4.74 Å². The quantitative estimate of drug-likeness (QED) is 0.757. The Morgan fingerprint density at radius 2 is 1.80 bits per heavy atom. The molecule has 15 heavy (non-hydrogen) atoms. The van der Waals surface area contributed by atoms with Crippen LogP contribution >= 0.6 is 0 Å². The number of Topliss-reactive ketones (excluding diaryl/α,β-unsaturated/α-hetero) is 1. The second-order valence-electron chi connectivity index (χ2n) is 4.56. The predicted molar refractivity (Wildman–Crippen MR) is 56.4 cm³/mol. The Morgan fingerprint density at radius 3 is 2.27 bits per heavy atom. The van der Waals surface area contributed by atoms with Crippen molar-refractivity contribution < 1.29 is 14.3 Å². The van der Waals surface area contributed by atoms with Crippen LogP contribution in [0.4, 0.5) is 0 Å². The number of hydrogen-bond donors (Lipinski definition) is 1. The van der Waals surface area contributed by atoms with E-state index in [1.54, 1.807) is 13.8 Å². The number of hydrogen-bond acceptors (Lipinski definition) is 3. The molecule has 0 aromatic heterocycles. The molecule has 0 atom stereocenters. The van der Waals surface area contributed by atoms with Crippen LogP contribution < -0.4 is 5.32 Å².